The quantitative estimate of drug-likeness (QED) is 0.926. The van der Waals surface area contributed by atoms with Gasteiger partial charge in [0.05, 0.1) is 17.9 Å². The minimum atomic E-state index is -0.121. The first-order valence-electron chi connectivity index (χ1n) is 7.84. The fraction of sp³-hybridized carbons (Fsp3) is 0.647. The molecule has 0 aromatic heterocycles. The zero-order chi connectivity index (χ0) is 15.0. The minimum Gasteiger partial charge on any atom is -0.371 e. The SMILES string of the molecule is CC(C)(C)NCc1ccc(N2CC3CCC(C2)O3)c(F)c1. The maximum Gasteiger partial charge on any atom is 0.146 e. The number of morpholine rings is 1. The molecule has 2 saturated heterocycles. The topological polar surface area (TPSA) is 24.5 Å². The van der Waals surface area contributed by atoms with Crippen molar-refractivity contribution in [2.45, 2.75) is 57.9 Å². The fourth-order valence-corrected chi connectivity index (χ4v) is 3.10. The van der Waals surface area contributed by atoms with Crippen molar-refractivity contribution in [1.29, 1.82) is 0 Å². The molecule has 0 spiro atoms. The number of hydrogen-bond acceptors (Lipinski definition) is 3. The third-order valence-electron chi connectivity index (χ3n) is 4.22. The summed E-state index contributed by atoms with van der Waals surface area (Å²) in [6.45, 7) is 8.65. The van der Waals surface area contributed by atoms with E-state index in [1.54, 1.807) is 6.07 Å². The van der Waals surface area contributed by atoms with E-state index in [-0.39, 0.29) is 23.6 Å². The molecule has 0 saturated carbocycles. The lowest BCUT2D eigenvalue weighted by molar-refractivity contribution is 0.0303. The summed E-state index contributed by atoms with van der Waals surface area (Å²) in [4.78, 5) is 2.14. The van der Waals surface area contributed by atoms with Gasteiger partial charge < -0.3 is 15.0 Å². The van der Waals surface area contributed by atoms with Crippen molar-refractivity contribution in [3.63, 3.8) is 0 Å². The molecule has 2 aliphatic heterocycles. The van der Waals surface area contributed by atoms with E-state index in [1.807, 2.05) is 12.1 Å². The van der Waals surface area contributed by atoms with Gasteiger partial charge >= 0.3 is 0 Å². The Kier molecular flexibility index (Phi) is 3.93. The molecule has 0 amide bonds. The van der Waals surface area contributed by atoms with Crippen molar-refractivity contribution in [2.24, 2.45) is 0 Å². The third kappa shape index (κ3) is 3.55. The molecule has 1 aromatic rings. The summed E-state index contributed by atoms with van der Waals surface area (Å²) in [5.41, 5.74) is 1.75. The van der Waals surface area contributed by atoms with Gasteiger partial charge in [-0.05, 0) is 51.3 Å². The maximum atomic E-state index is 14.4. The molecular formula is C17H25FN2O. The summed E-state index contributed by atoms with van der Waals surface area (Å²) < 4.78 is 20.2. The molecule has 0 aliphatic carbocycles. The monoisotopic (exact) mass is 292 g/mol. The molecule has 2 heterocycles. The Bertz CT molecular complexity index is 500. The second-order valence-corrected chi connectivity index (χ2v) is 7.25. The molecule has 2 bridgehead atoms. The first-order valence-corrected chi connectivity index (χ1v) is 7.84. The zero-order valence-corrected chi connectivity index (χ0v) is 13.2. The van der Waals surface area contributed by atoms with Gasteiger partial charge in [-0.15, -0.1) is 0 Å². The molecule has 4 heteroatoms. The number of halogens is 1. The fourth-order valence-electron chi connectivity index (χ4n) is 3.10. The number of hydrogen-bond donors (Lipinski definition) is 1. The number of nitrogens with zero attached hydrogens (tertiary/aromatic N) is 1. The van der Waals surface area contributed by atoms with Gasteiger partial charge in [-0.25, -0.2) is 4.39 Å². The second kappa shape index (κ2) is 5.58. The molecule has 116 valence electrons. The second-order valence-electron chi connectivity index (χ2n) is 7.25. The largest absolute Gasteiger partial charge is 0.371 e. The normalized spacial score (nSPS) is 25.4. The van der Waals surface area contributed by atoms with Crippen molar-refractivity contribution in [2.75, 3.05) is 18.0 Å². The summed E-state index contributed by atoms with van der Waals surface area (Å²) in [6.07, 6.45) is 2.78. The van der Waals surface area contributed by atoms with Gasteiger partial charge in [0.2, 0.25) is 0 Å². The number of fused-ring (bicyclic) bond motifs is 2. The molecule has 2 aliphatic rings. The highest BCUT2D eigenvalue weighted by Crippen LogP contribution is 2.31. The van der Waals surface area contributed by atoms with Gasteiger partial charge in [0, 0.05) is 25.2 Å². The Morgan fingerprint density at radius 1 is 1.24 bits per heavy atom. The predicted molar refractivity (Wildman–Crippen MR) is 83.1 cm³/mol. The van der Waals surface area contributed by atoms with E-state index in [4.69, 9.17) is 4.74 Å². The van der Waals surface area contributed by atoms with Gasteiger partial charge in [-0.3, -0.25) is 0 Å². The molecule has 0 radical (unpaired) electrons. The number of benzene rings is 1. The summed E-state index contributed by atoms with van der Waals surface area (Å²) >= 11 is 0. The third-order valence-corrected chi connectivity index (χ3v) is 4.22. The summed E-state index contributed by atoms with van der Waals surface area (Å²) in [6, 6.07) is 5.60. The van der Waals surface area contributed by atoms with Crippen molar-refractivity contribution >= 4 is 5.69 Å². The van der Waals surface area contributed by atoms with Crippen LogP contribution < -0.4 is 10.2 Å². The molecule has 1 aromatic carbocycles. The Labute approximate surface area is 126 Å². The molecule has 1 N–H and O–H groups in total. The van der Waals surface area contributed by atoms with Gasteiger partial charge in [0.1, 0.15) is 5.82 Å². The average molecular weight is 292 g/mol. The lowest BCUT2D eigenvalue weighted by atomic mass is 10.1. The highest BCUT2D eigenvalue weighted by atomic mass is 19.1. The van der Waals surface area contributed by atoms with Crippen molar-refractivity contribution in [3.8, 4) is 0 Å². The van der Waals surface area contributed by atoms with Crippen LogP contribution in [0, 0.1) is 5.82 Å². The van der Waals surface area contributed by atoms with Gasteiger partial charge in [0.25, 0.3) is 0 Å². The molecule has 2 unspecified atom stereocenters. The summed E-state index contributed by atoms with van der Waals surface area (Å²) in [7, 11) is 0. The molecule has 3 rings (SSSR count). The highest BCUT2D eigenvalue weighted by molar-refractivity contribution is 5.50. The number of rotatable bonds is 3. The molecule has 2 fully saturated rings. The van der Waals surface area contributed by atoms with Gasteiger partial charge in [0.15, 0.2) is 0 Å². The molecule has 3 nitrogen and oxygen atoms in total. The number of anilines is 1. The standard InChI is InChI=1S/C17H25FN2O/c1-17(2,3)19-9-12-4-7-16(15(18)8-12)20-10-13-5-6-14(11-20)21-13/h4,7-8,13-14,19H,5-6,9-11H2,1-3H3. The van der Waals surface area contributed by atoms with Crippen LogP contribution >= 0.6 is 0 Å². The average Bonchev–Trinajstić information content (AvgIpc) is 2.74. The Balaban J connectivity index is 1.69. The van der Waals surface area contributed by atoms with Gasteiger partial charge in [-0.2, -0.15) is 0 Å². The lowest BCUT2D eigenvalue weighted by Gasteiger charge is -2.34. The molecule has 2 atom stereocenters. The summed E-state index contributed by atoms with van der Waals surface area (Å²) in [5, 5.41) is 3.39. The van der Waals surface area contributed by atoms with Crippen LogP contribution in [0.4, 0.5) is 10.1 Å². The van der Waals surface area contributed by atoms with Crippen molar-refractivity contribution in [1.82, 2.24) is 5.32 Å². The van der Waals surface area contributed by atoms with Crippen molar-refractivity contribution < 1.29 is 9.13 Å². The summed E-state index contributed by atoms with van der Waals surface area (Å²) in [5.74, 6) is -0.121. The van der Waals surface area contributed by atoms with Crippen LogP contribution in [0.2, 0.25) is 0 Å². The van der Waals surface area contributed by atoms with E-state index in [2.05, 4.69) is 31.0 Å². The zero-order valence-electron chi connectivity index (χ0n) is 13.2. The van der Waals surface area contributed by atoms with E-state index in [9.17, 15) is 4.39 Å². The van der Waals surface area contributed by atoms with Crippen LogP contribution in [0.5, 0.6) is 0 Å². The van der Waals surface area contributed by atoms with Crippen LogP contribution in [-0.2, 0) is 11.3 Å². The first-order chi connectivity index (χ1) is 9.90. The van der Waals surface area contributed by atoms with Crippen LogP contribution in [0.1, 0.15) is 39.2 Å². The van der Waals surface area contributed by atoms with Crippen LogP contribution in [-0.4, -0.2) is 30.8 Å². The highest BCUT2D eigenvalue weighted by Gasteiger charge is 2.34. The Hall–Kier alpha value is -1.13. The smallest absolute Gasteiger partial charge is 0.146 e. The Morgan fingerprint density at radius 3 is 2.48 bits per heavy atom. The van der Waals surface area contributed by atoms with E-state index < -0.39 is 0 Å². The number of ether oxygens (including phenoxy) is 1. The van der Waals surface area contributed by atoms with Crippen LogP contribution in [0.3, 0.4) is 0 Å². The first kappa shape index (κ1) is 14.8. The van der Waals surface area contributed by atoms with E-state index in [0.717, 1.165) is 37.2 Å². The molecular weight excluding hydrogens is 267 g/mol. The van der Waals surface area contributed by atoms with E-state index in [0.29, 0.717) is 6.54 Å². The minimum absolute atomic E-state index is 0.0402. The van der Waals surface area contributed by atoms with Gasteiger partial charge in [-0.1, -0.05) is 6.07 Å². The van der Waals surface area contributed by atoms with E-state index >= 15 is 0 Å². The van der Waals surface area contributed by atoms with Crippen molar-refractivity contribution in [3.05, 3.63) is 29.6 Å². The van der Waals surface area contributed by atoms with E-state index in [1.165, 1.54) is 0 Å². The number of nitrogens with one attached hydrogen (secondary N) is 1. The molecule has 21 heavy (non-hydrogen) atoms. The maximum absolute atomic E-state index is 14.4. The van der Waals surface area contributed by atoms with Crippen LogP contribution in [0.25, 0.3) is 0 Å². The lowest BCUT2D eigenvalue weighted by Crippen LogP contribution is -2.43. The Morgan fingerprint density at radius 2 is 1.90 bits per heavy atom. The predicted octanol–water partition coefficient (Wildman–Crippen LogP) is 3.08. The van der Waals surface area contributed by atoms with Crippen LogP contribution in [0.15, 0.2) is 18.2 Å².